The van der Waals surface area contributed by atoms with Crippen LogP contribution in [0.25, 0.3) is 0 Å². The van der Waals surface area contributed by atoms with Gasteiger partial charge < -0.3 is 10.1 Å². The molecule has 0 aliphatic rings. The number of nitrogens with one attached hydrogen (secondary N) is 1. The number of hydrogen-bond acceptors (Lipinski definition) is 3. The van der Waals surface area contributed by atoms with Crippen molar-refractivity contribution in [1.29, 1.82) is 0 Å². The largest absolute Gasteiger partial charge is 0.493 e. The first kappa shape index (κ1) is 18.9. The molecule has 128 valence electrons. The van der Waals surface area contributed by atoms with Crippen molar-refractivity contribution in [3.63, 3.8) is 0 Å². The molecule has 0 unspecified atom stereocenters. The van der Waals surface area contributed by atoms with Gasteiger partial charge in [0.15, 0.2) is 0 Å². The molecule has 0 saturated carbocycles. The molecule has 2 aromatic carbocycles. The lowest BCUT2D eigenvalue weighted by Crippen LogP contribution is -2.17. The van der Waals surface area contributed by atoms with Crippen LogP contribution in [0.3, 0.4) is 0 Å². The van der Waals surface area contributed by atoms with E-state index in [1.165, 1.54) is 5.56 Å². The van der Waals surface area contributed by atoms with Crippen molar-refractivity contribution in [2.45, 2.75) is 20.3 Å². The first-order chi connectivity index (χ1) is 11.6. The summed E-state index contributed by atoms with van der Waals surface area (Å²) in [6.45, 7) is 4.70. The number of anilines is 1. The van der Waals surface area contributed by atoms with Gasteiger partial charge in [0.25, 0.3) is 0 Å². The SMILES string of the molecule is CCc1cccc(C)c1NC(=O)CSCCOc1cccc(Br)c1. The highest BCUT2D eigenvalue weighted by atomic mass is 79.9. The molecule has 1 amide bonds. The molecule has 1 N–H and O–H groups in total. The van der Waals surface area contributed by atoms with Crippen LogP contribution in [0.15, 0.2) is 46.9 Å². The Kier molecular flexibility index (Phi) is 7.66. The molecule has 0 heterocycles. The standard InChI is InChI=1S/C19H22BrNO2S/c1-3-15-7-4-6-14(2)19(15)21-18(22)13-24-11-10-23-17-9-5-8-16(20)12-17/h4-9,12H,3,10-11,13H2,1-2H3,(H,21,22). The van der Waals surface area contributed by atoms with Crippen molar-refractivity contribution in [3.05, 3.63) is 58.1 Å². The summed E-state index contributed by atoms with van der Waals surface area (Å²) >= 11 is 4.99. The third-order valence-electron chi connectivity index (χ3n) is 3.53. The van der Waals surface area contributed by atoms with E-state index < -0.39 is 0 Å². The first-order valence-electron chi connectivity index (χ1n) is 7.94. The number of ether oxygens (including phenoxy) is 1. The zero-order valence-corrected chi connectivity index (χ0v) is 16.4. The summed E-state index contributed by atoms with van der Waals surface area (Å²) < 4.78 is 6.66. The van der Waals surface area contributed by atoms with E-state index in [-0.39, 0.29) is 5.91 Å². The Morgan fingerprint density at radius 3 is 2.79 bits per heavy atom. The third kappa shape index (κ3) is 5.87. The molecule has 2 aromatic rings. The molecule has 0 aliphatic heterocycles. The number of amides is 1. The molecule has 5 heteroatoms. The van der Waals surface area contributed by atoms with Crippen LogP contribution in [-0.2, 0) is 11.2 Å². The fourth-order valence-electron chi connectivity index (χ4n) is 2.32. The molecule has 0 aromatic heterocycles. The number of hydrogen-bond donors (Lipinski definition) is 1. The fourth-order valence-corrected chi connectivity index (χ4v) is 3.30. The van der Waals surface area contributed by atoms with E-state index >= 15 is 0 Å². The summed E-state index contributed by atoms with van der Waals surface area (Å²) in [7, 11) is 0. The molecule has 24 heavy (non-hydrogen) atoms. The zero-order chi connectivity index (χ0) is 17.4. The van der Waals surface area contributed by atoms with Crippen LogP contribution in [0.4, 0.5) is 5.69 Å². The molecule has 0 spiro atoms. The minimum Gasteiger partial charge on any atom is -0.493 e. The summed E-state index contributed by atoms with van der Waals surface area (Å²) in [5.74, 6) is 2.07. The molecule has 0 fully saturated rings. The van der Waals surface area contributed by atoms with Crippen molar-refractivity contribution >= 4 is 39.3 Å². The molecule has 0 aliphatic carbocycles. The first-order valence-corrected chi connectivity index (χ1v) is 9.89. The van der Waals surface area contributed by atoms with Crippen molar-refractivity contribution < 1.29 is 9.53 Å². The monoisotopic (exact) mass is 407 g/mol. The van der Waals surface area contributed by atoms with Crippen LogP contribution in [-0.4, -0.2) is 24.0 Å². The van der Waals surface area contributed by atoms with Crippen LogP contribution >= 0.6 is 27.7 Å². The predicted octanol–water partition coefficient (Wildman–Crippen LogP) is 5.07. The van der Waals surface area contributed by atoms with Gasteiger partial charge in [-0.2, -0.15) is 0 Å². The van der Waals surface area contributed by atoms with Crippen molar-refractivity contribution in [1.82, 2.24) is 0 Å². The highest BCUT2D eigenvalue weighted by molar-refractivity contribution is 9.10. The molecular formula is C19H22BrNO2S. The van der Waals surface area contributed by atoms with Gasteiger partial charge in [0.05, 0.1) is 12.4 Å². The number of thioether (sulfide) groups is 1. The van der Waals surface area contributed by atoms with Gasteiger partial charge in [-0.1, -0.05) is 47.1 Å². The number of carbonyl (C=O) groups is 1. The Morgan fingerprint density at radius 2 is 2.04 bits per heavy atom. The molecule has 0 bridgehead atoms. The third-order valence-corrected chi connectivity index (χ3v) is 4.94. The summed E-state index contributed by atoms with van der Waals surface area (Å²) in [6.07, 6.45) is 0.908. The normalized spacial score (nSPS) is 10.5. The smallest absolute Gasteiger partial charge is 0.234 e. The molecule has 0 saturated heterocycles. The van der Waals surface area contributed by atoms with Gasteiger partial charge in [0.2, 0.25) is 5.91 Å². The molecular weight excluding hydrogens is 386 g/mol. The average molecular weight is 408 g/mol. The maximum absolute atomic E-state index is 12.1. The summed E-state index contributed by atoms with van der Waals surface area (Å²) in [6, 6.07) is 13.9. The van der Waals surface area contributed by atoms with E-state index in [4.69, 9.17) is 4.74 Å². The van der Waals surface area contributed by atoms with Gasteiger partial charge in [-0.05, 0) is 42.7 Å². The van der Waals surface area contributed by atoms with E-state index in [2.05, 4.69) is 34.2 Å². The van der Waals surface area contributed by atoms with E-state index in [0.29, 0.717) is 12.4 Å². The van der Waals surface area contributed by atoms with Crippen LogP contribution in [0, 0.1) is 6.92 Å². The molecule has 3 nitrogen and oxygen atoms in total. The topological polar surface area (TPSA) is 38.3 Å². The van der Waals surface area contributed by atoms with Gasteiger partial charge in [-0.3, -0.25) is 4.79 Å². The number of aryl methyl sites for hydroxylation is 2. The van der Waals surface area contributed by atoms with Crippen LogP contribution in [0.1, 0.15) is 18.1 Å². The summed E-state index contributed by atoms with van der Waals surface area (Å²) in [5.41, 5.74) is 3.23. The predicted molar refractivity (Wildman–Crippen MR) is 106 cm³/mol. The second kappa shape index (κ2) is 9.74. The quantitative estimate of drug-likeness (QED) is 0.620. The second-order valence-corrected chi connectivity index (χ2v) is 7.39. The van der Waals surface area contributed by atoms with Crippen LogP contribution < -0.4 is 10.1 Å². The lowest BCUT2D eigenvalue weighted by Gasteiger charge is -2.13. The Balaban J connectivity index is 1.72. The summed E-state index contributed by atoms with van der Waals surface area (Å²) in [4.78, 5) is 12.1. The van der Waals surface area contributed by atoms with Gasteiger partial charge >= 0.3 is 0 Å². The molecule has 0 atom stereocenters. The van der Waals surface area contributed by atoms with Gasteiger partial charge in [-0.25, -0.2) is 0 Å². The number of rotatable bonds is 8. The van der Waals surface area contributed by atoms with E-state index in [0.717, 1.165) is 33.6 Å². The molecule has 0 radical (unpaired) electrons. The average Bonchev–Trinajstić information content (AvgIpc) is 2.56. The Bertz CT molecular complexity index is 691. The highest BCUT2D eigenvalue weighted by Gasteiger charge is 2.08. The fraction of sp³-hybridized carbons (Fsp3) is 0.316. The summed E-state index contributed by atoms with van der Waals surface area (Å²) in [5, 5.41) is 3.04. The van der Waals surface area contributed by atoms with Gasteiger partial charge in [0.1, 0.15) is 5.75 Å². The van der Waals surface area contributed by atoms with Gasteiger partial charge in [0, 0.05) is 15.9 Å². The van der Waals surface area contributed by atoms with Gasteiger partial charge in [-0.15, -0.1) is 11.8 Å². The van der Waals surface area contributed by atoms with Crippen molar-refractivity contribution in [3.8, 4) is 5.75 Å². The minimum absolute atomic E-state index is 0.0338. The van der Waals surface area contributed by atoms with Crippen LogP contribution in [0.5, 0.6) is 5.75 Å². The minimum atomic E-state index is 0.0338. The van der Waals surface area contributed by atoms with E-state index in [1.807, 2.05) is 43.3 Å². The highest BCUT2D eigenvalue weighted by Crippen LogP contribution is 2.21. The zero-order valence-electron chi connectivity index (χ0n) is 14.0. The van der Waals surface area contributed by atoms with E-state index in [9.17, 15) is 4.79 Å². The van der Waals surface area contributed by atoms with Crippen LogP contribution in [0.2, 0.25) is 0 Å². The molecule has 2 rings (SSSR count). The van der Waals surface area contributed by atoms with Crippen molar-refractivity contribution in [2.75, 3.05) is 23.4 Å². The number of halogens is 1. The lowest BCUT2D eigenvalue weighted by atomic mass is 10.1. The number of benzene rings is 2. The second-order valence-electron chi connectivity index (χ2n) is 5.37. The van der Waals surface area contributed by atoms with E-state index in [1.54, 1.807) is 11.8 Å². The Labute approximate surface area is 156 Å². The maximum atomic E-state index is 12.1. The Morgan fingerprint density at radius 1 is 1.25 bits per heavy atom. The number of carbonyl (C=O) groups excluding carboxylic acids is 1. The Hall–Kier alpha value is -1.46. The lowest BCUT2D eigenvalue weighted by molar-refractivity contribution is -0.113. The number of para-hydroxylation sites is 1. The van der Waals surface area contributed by atoms with Crippen molar-refractivity contribution in [2.24, 2.45) is 0 Å². The maximum Gasteiger partial charge on any atom is 0.234 e.